The number of rotatable bonds is 0. The van der Waals surface area contributed by atoms with Crippen molar-refractivity contribution in [2.75, 3.05) is 11.9 Å². The van der Waals surface area contributed by atoms with E-state index >= 15 is 0 Å². The monoisotopic (exact) mass is 255 g/mol. The van der Waals surface area contributed by atoms with E-state index in [1.165, 1.54) is 5.56 Å². The van der Waals surface area contributed by atoms with Gasteiger partial charge in [0.2, 0.25) is 0 Å². The minimum absolute atomic E-state index is 0.698. The lowest BCUT2D eigenvalue weighted by Crippen LogP contribution is -2.03. The third kappa shape index (κ3) is 1.36. The van der Waals surface area contributed by atoms with Gasteiger partial charge in [-0.15, -0.1) is 0 Å². The van der Waals surface area contributed by atoms with Gasteiger partial charge in [0.25, 0.3) is 0 Å². The van der Waals surface area contributed by atoms with Crippen molar-refractivity contribution in [2.24, 2.45) is 0 Å². The summed E-state index contributed by atoms with van der Waals surface area (Å²) in [5.74, 6) is 0. The summed E-state index contributed by atoms with van der Waals surface area (Å²) in [5.41, 5.74) is 4.05. The van der Waals surface area contributed by atoms with Crippen molar-refractivity contribution in [3.63, 3.8) is 0 Å². The van der Waals surface area contributed by atoms with E-state index in [4.69, 9.17) is 16.0 Å². The lowest BCUT2D eigenvalue weighted by molar-refractivity contribution is 0.669. The molecule has 88 valence electrons. The fourth-order valence-corrected chi connectivity index (χ4v) is 2.62. The smallest absolute Gasteiger partial charge is 0.137 e. The summed E-state index contributed by atoms with van der Waals surface area (Å²) < 4.78 is 5.85. The molecule has 0 bridgehead atoms. The molecular formula is C15H10ClNO. The topological polar surface area (TPSA) is 25.2 Å². The Hall–Kier alpha value is -1.93. The first-order valence-electron chi connectivity index (χ1n) is 5.87. The van der Waals surface area contributed by atoms with E-state index in [2.05, 4.69) is 29.6 Å². The zero-order valence-electron chi connectivity index (χ0n) is 9.53. The Balaban J connectivity index is 2.13. The molecule has 0 atom stereocenters. The van der Waals surface area contributed by atoms with Crippen molar-refractivity contribution in [1.82, 2.24) is 0 Å². The van der Waals surface area contributed by atoms with Gasteiger partial charge in [0.15, 0.2) is 0 Å². The predicted octanol–water partition coefficient (Wildman–Crippen LogP) is 4.68. The molecule has 4 rings (SSSR count). The second-order valence-electron chi connectivity index (χ2n) is 4.46. The second kappa shape index (κ2) is 3.53. The summed E-state index contributed by atoms with van der Waals surface area (Å²) >= 11 is 5.99. The van der Waals surface area contributed by atoms with Crippen LogP contribution in [-0.2, 0) is 0 Å². The molecule has 2 nitrogen and oxygen atoms in total. The lowest BCUT2D eigenvalue weighted by Gasteiger charge is -2.12. The Morgan fingerprint density at radius 1 is 1.06 bits per heavy atom. The fourth-order valence-electron chi connectivity index (χ4n) is 2.46. The van der Waals surface area contributed by atoms with Crippen LogP contribution in [0.1, 0.15) is 5.56 Å². The molecule has 0 saturated carbocycles. The average molecular weight is 256 g/mol. The normalized spacial score (nSPS) is 13.8. The largest absolute Gasteiger partial charge is 0.456 e. The van der Waals surface area contributed by atoms with Crippen molar-refractivity contribution < 1.29 is 4.42 Å². The van der Waals surface area contributed by atoms with Gasteiger partial charge in [0.1, 0.15) is 11.2 Å². The Morgan fingerprint density at radius 2 is 1.94 bits per heavy atom. The van der Waals surface area contributed by atoms with E-state index in [0.717, 1.165) is 34.2 Å². The molecule has 0 amide bonds. The van der Waals surface area contributed by atoms with Crippen LogP contribution in [0.4, 0.5) is 5.69 Å². The van der Waals surface area contributed by atoms with Gasteiger partial charge in [-0.1, -0.05) is 23.8 Å². The van der Waals surface area contributed by atoms with Gasteiger partial charge >= 0.3 is 0 Å². The third-order valence-electron chi connectivity index (χ3n) is 3.31. The molecular weight excluding hydrogens is 246 g/mol. The first kappa shape index (κ1) is 10.0. The molecule has 0 fully saturated rings. The predicted molar refractivity (Wildman–Crippen MR) is 76.3 cm³/mol. The molecule has 1 N–H and O–H groups in total. The number of halogens is 1. The number of nitrogens with one attached hydrogen (secondary N) is 1. The molecule has 0 radical (unpaired) electrons. The van der Waals surface area contributed by atoms with Crippen molar-refractivity contribution in [3.05, 3.63) is 47.0 Å². The zero-order valence-corrected chi connectivity index (χ0v) is 10.3. The number of hydrogen-bond donors (Lipinski definition) is 1. The molecule has 3 heteroatoms. The Bertz CT molecular complexity index is 801. The molecule has 1 aliphatic heterocycles. The van der Waals surface area contributed by atoms with Crippen molar-refractivity contribution in [1.29, 1.82) is 0 Å². The van der Waals surface area contributed by atoms with Gasteiger partial charge < -0.3 is 9.73 Å². The first-order valence-corrected chi connectivity index (χ1v) is 6.25. The van der Waals surface area contributed by atoms with Gasteiger partial charge in [0.05, 0.1) is 0 Å². The molecule has 2 heterocycles. The van der Waals surface area contributed by atoms with Gasteiger partial charge in [-0.25, -0.2) is 0 Å². The highest BCUT2D eigenvalue weighted by atomic mass is 35.5. The third-order valence-corrected chi connectivity index (χ3v) is 3.55. The van der Waals surface area contributed by atoms with E-state index in [9.17, 15) is 0 Å². The molecule has 0 saturated heterocycles. The van der Waals surface area contributed by atoms with Crippen LogP contribution in [0.25, 0.3) is 28.0 Å². The van der Waals surface area contributed by atoms with Crippen molar-refractivity contribution in [3.8, 4) is 0 Å². The van der Waals surface area contributed by atoms with Crippen LogP contribution >= 0.6 is 11.6 Å². The fraction of sp³-hybridized carbons (Fsp3) is 0.0667. The highest BCUT2D eigenvalue weighted by molar-refractivity contribution is 6.31. The Morgan fingerprint density at radius 3 is 2.89 bits per heavy atom. The summed E-state index contributed by atoms with van der Waals surface area (Å²) in [6.07, 6.45) is 4.26. The molecule has 3 aromatic rings. The van der Waals surface area contributed by atoms with Crippen LogP contribution in [0.5, 0.6) is 0 Å². The van der Waals surface area contributed by atoms with Crippen molar-refractivity contribution >= 4 is 45.3 Å². The Labute approximate surface area is 109 Å². The molecule has 1 aliphatic rings. The number of hydrogen-bond acceptors (Lipinski definition) is 2. The highest BCUT2D eigenvalue weighted by Gasteiger charge is 2.11. The summed E-state index contributed by atoms with van der Waals surface area (Å²) in [6, 6.07) is 9.98. The minimum Gasteiger partial charge on any atom is -0.456 e. The van der Waals surface area contributed by atoms with Crippen LogP contribution in [0, 0.1) is 0 Å². The van der Waals surface area contributed by atoms with E-state index in [0.29, 0.717) is 5.02 Å². The molecule has 2 aromatic carbocycles. The number of fused-ring (bicyclic) bond motifs is 4. The van der Waals surface area contributed by atoms with E-state index in [1.807, 2.05) is 18.2 Å². The quantitative estimate of drug-likeness (QED) is 0.631. The minimum atomic E-state index is 0.698. The van der Waals surface area contributed by atoms with Gasteiger partial charge in [-0.05, 0) is 23.8 Å². The van der Waals surface area contributed by atoms with Crippen LogP contribution in [0.2, 0.25) is 5.02 Å². The molecule has 0 aliphatic carbocycles. The van der Waals surface area contributed by atoms with Crippen LogP contribution < -0.4 is 5.32 Å². The Kier molecular flexibility index (Phi) is 1.97. The van der Waals surface area contributed by atoms with Crippen LogP contribution in [0.15, 0.2) is 40.8 Å². The van der Waals surface area contributed by atoms with Crippen LogP contribution in [-0.4, -0.2) is 6.54 Å². The van der Waals surface area contributed by atoms with E-state index < -0.39 is 0 Å². The zero-order chi connectivity index (χ0) is 12.1. The van der Waals surface area contributed by atoms with Crippen LogP contribution in [0.3, 0.4) is 0 Å². The van der Waals surface area contributed by atoms with Gasteiger partial charge in [-0.3, -0.25) is 0 Å². The summed E-state index contributed by atoms with van der Waals surface area (Å²) in [7, 11) is 0. The number of furan rings is 1. The highest BCUT2D eigenvalue weighted by Crippen LogP contribution is 2.35. The molecule has 18 heavy (non-hydrogen) atoms. The maximum Gasteiger partial charge on any atom is 0.137 e. The summed E-state index contributed by atoms with van der Waals surface area (Å²) in [6.45, 7) is 0.866. The summed E-state index contributed by atoms with van der Waals surface area (Å²) in [4.78, 5) is 0. The molecule has 0 unspecified atom stereocenters. The maximum absolute atomic E-state index is 5.99. The SMILES string of the molecule is Clc1ccc2c(c1)oc1cc3c(cc12)C=CCN3. The van der Waals surface area contributed by atoms with Crippen molar-refractivity contribution in [2.45, 2.75) is 0 Å². The second-order valence-corrected chi connectivity index (χ2v) is 4.90. The van der Waals surface area contributed by atoms with E-state index in [-0.39, 0.29) is 0 Å². The maximum atomic E-state index is 5.99. The molecule has 1 aromatic heterocycles. The average Bonchev–Trinajstić information content (AvgIpc) is 2.72. The molecule has 0 spiro atoms. The number of anilines is 1. The van der Waals surface area contributed by atoms with Gasteiger partial charge in [0, 0.05) is 40.2 Å². The van der Waals surface area contributed by atoms with Gasteiger partial charge in [-0.2, -0.15) is 0 Å². The summed E-state index contributed by atoms with van der Waals surface area (Å²) in [5, 5.41) is 6.28. The first-order chi connectivity index (χ1) is 8.81. The standard InChI is InChI=1S/C15H10ClNO/c16-10-3-4-11-12-6-9-2-1-5-17-13(9)8-15(12)18-14(11)7-10/h1-4,6-8,17H,5H2. The number of benzene rings is 2. The van der Waals surface area contributed by atoms with E-state index in [1.54, 1.807) is 0 Å². The lowest BCUT2D eigenvalue weighted by atomic mass is 10.1.